The molecule has 8 nitrogen and oxygen atoms in total. The van der Waals surface area contributed by atoms with Crippen LogP contribution in [0.15, 0.2) is 18.2 Å². The van der Waals surface area contributed by atoms with Gasteiger partial charge in [0.05, 0.1) is 23.8 Å². The topological polar surface area (TPSA) is 127 Å². The number of benzene rings is 2. The van der Waals surface area contributed by atoms with Gasteiger partial charge in [0.25, 0.3) is 0 Å². The number of carbonyl (C=O) groups is 4. The largest absolute Gasteiger partial charge is 0.507 e. The number of aldehydes is 1. The van der Waals surface area contributed by atoms with Crippen LogP contribution in [0.3, 0.4) is 0 Å². The lowest BCUT2D eigenvalue weighted by Gasteiger charge is -2.32. The summed E-state index contributed by atoms with van der Waals surface area (Å²) in [6.07, 6.45) is 2.13. The van der Waals surface area contributed by atoms with Crippen molar-refractivity contribution in [2.75, 3.05) is 20.8 Å². The van der Waals surface area contributed by atoms with E-state index < -0.39 is 17.5 Å². The maximum atomic E-state index is 13.3. The molecule has 194 valence electrons. The first-order chi connectivity index (χ1) is 17.2. The van der Waals surface area contributed by atoms with Gasteiger partial charge in [-0.3, -0.25) is 14.4 Å². The van der Waals surface area contributed by atoms with Crippen molar-refractivity contribution in [3.05, 3.63) is 51.6 Å². The van der Waals surface area contributed by atoms with Crippen LogP contribution in [0.5, 0.6) is 17.2 Å². The Morgan fingerprint density at radius 1 is 1.06 bits per heavy atom. The van der Waals surface area contributed by atoms with Crippen molar-refractivity contribution >= 4 is 23.6 Å². The Labute approximate surface area is 211 Å². The van der Waals surface area contributed by atoms with Crippen molar-refractivity contribution in [3.8, 4) is 17.2 Å². The molecule has 0 amide bonds. The van der Waals surface area contributed by atoms with Crippen LogP contribution in [-0.4, -0.2) is 54.7 Å². The predicted octanol–water partition coefficient (Wildman–Crippen LogP) is 4.38. The zero-order valence-corrected chi connectivity index (χ0v) is 21.6. The van der Waals surface area contributed by atoms with E-state index in [-0.39, 0.29) is 64.2 Å². The number of carbonyl (C=O) groups excluding carboxylic acids is 4. The number of aromatic hydroxyl groups is 2. The van der Waals surface area contributed by atoms with Crippen molar-refractivity contribution in [3.63, 3.8) is 0 Å². The summed E-state index contributed by atoms with van der Waals surface area (Å²) < 4.78 is 10.2. The molecule has 2 N–H and O–H groups in total. The van der Waals surface area contributed by atoms with Crippen LogP contribution in [0.1, 0.15) is 89.4 Å². The second-order valence-electron chi connectivity index (χ2n) is 8.39. The molecule has 1 unspecified atom stereocenters. The minimum absolute atomic E-state index is 0.0466. The van der Waals surface area contributed by atoms with E-state index in [1.807, 2.05) is 27.7 Å². The summed E-state index contributed by atoms with van der Waals surface area (Å²) in [6.45, 7) is 7.59. The van der Waals surface area contributed by atoms with Crippen LogP contribution in [0.2, 0.25) is 0 Å². The van der Waals surface area contributed by atoms with Crippen molar-refractivity contribution in [2.45, 2.75) is 52.9 Å². The second-order valence-corrected chi connectivity index (χ2v) is 8.39. The number of phenols is 2. The van der Waals surface area contributed by atoms with E-state index in [4.69, 9.17) is 9.47 Å². The number of hydrogen-bond acceptors (Lipinski definition) is 8. The highest BCUT2D eigenvalue weighted by molar-refractivity contribution is 6.31. The lowest BCUT2D eigenvalue weighted by Crippen LogP contribution is -2.29. The predicted molar refractivity (Wildman–Crippen MR) is 134 cm³/mol. The SMILES string of the molecule is CC.CCC=O.COCC(=O)C1Cc2c(O)c3c(c(O)c2[C@@H](C)C1)C(=O)c1c(OC)cccc1C3=O. The van der Waals surface area contributed by atoms with E-state index in [9.17, 15) is 29.4 Å². The third-order valence-corrected chi connectivity index (χ3v) is 6.25. The molecule has 8 heteroatoms. The highest BCUT2D eigenvalue weighted by Gasteiger charge is 2.42. The molecule has 0 radical (unpaired) electrons. The van der Waals surface area contributed by atoms with Gasteiger partial charge >= 0.3 is 0 Å². The highest BCUT2D eigenvalue weighted by atomic mass is 16.5. The molecule has 2 aliphatic rings. The number of ether oxygens (including phenoxy) is 2. The maximum Gasteiger partial charge on any atom is 0.202 e. The third kappa shape index (κ3) is 5.04. The van der Waals surface area contributed by atoms with Crippen LogP contribution in [0.4, 0.5) is 0 Å². The number of ketones is 3. The quantitative estimate of drug-likeness (QED) is 0.392. The summed E-state index contributed by atoms with van der Waals surface area (Å²) in [7, 11) is 2.83. The van der Waals surface area contributed by atoms with E-state index in [2.05, 4.69) is 0 Å². The van der Waals surface area contributed by atoms with Gasteiger partial charge in [0.2, 0.25) is 5.78 Å². The first-order valence-electron chi connectivity index (χ1n) is 12.1. The van der Waals surface area contributed by atoms with Crippen molar-refractivity contribution in [1.82, 2.24) is 0 Å². The van der Waals surface area contributed by atoms with Crippen LogP contribution in [0.25, 0.3) is 0 Å². The first kappa shape index (κ1) is 28.7. The highest BCUT2D eigenvalue weighted by Crippen LogP contribution is 2.50. The lowest BCUT2D eigenvalue weighted by atomic mass is 9.71. The zero-order valence-electron chi connectivity index (χ0n) is 21.6. The molecular formula is C28H34O8. The number of methoxy groups -OCH3 is 2. The van der Waals surface area contributed by atoms with E-state index in [0.717, 1.165) is 6.29 Å². The number of fused-ring (bicyclic) bond motifs is 3. The smallest absolute Gasteiger partial charge is 0.202 e. The Morgan fingerprint density at radius 2 is 1.67 bits per heavy atom. The molecule has 0 heterocycles. The van der Waals surface area contributed by atoms with E-state index >= 15 is 0 Å². The van der Waals surface area contributed by atoms with Crippen LogP contribution < -0.4 is 4.74 Å². The summed E-state index contributed by atoms with van der Waals surface area (Å²) in [5.74, 6) is -2.36. The van der Waals surface area contributed by atoms with Gasteiger partial charge in [-0.1, -0.05) is 39.8 Å². The normalized spacial score (nSPS) is 17.3. The van der Waals surface area contributed by atoms with Crippen molar-refractivity contribution in [2.24, 2.45) is 5.92 Å². The molecule has 36 heavy (non-hydrogen) atoms. The van der Waals surface area contributed by atoms with Gasteiger partial charge in [0, 0.05) is 36.1 Å². The number of hydrogen-bond donors (Lipinski definition) is 2. The molecule has 2 aromatic carbocycles. The number of Topliss-reactive ketones (excluding diaryl/α,β-unsaturated/α-hetero) is 1. The number of phenolic OH excluding ortho intramolecular Hbond substituents is 2. The molecule has 0 aliphatic heterocycles. The maximum absolute atomic E-state index is 13.3. The molecule has 2 aromatic rings. The zero-order chi connectivity index (χ0) is 27.2. The van der Waals surface area contributed by atoms with Gasteiger partial charge in [-0.15, -0.1) is 0 Å². The van der Waals surface area contributed by atoms with Crippen LogP contribution in [0, 0.1) is 5.92 Å². The Bertz CT molecular complexity index is 1160. The minimum atomic E-state index is -0.572. The minimum Gasteiger partial charge on any atom is -0.507 e. The van der Waals surface area contributed by atoms with Crippen molar-refractivity contribution in [1.29, 1.82) is 0 Å². The summed E-state index contributed by atoms with van der Waals surface area (Å²) in [5, 5.41) is 22.1. The Kier molecular flexibility index (Phi) is 9.93. The van der Waals surface area contributed by atoms with E-state index in [1.54, 1.807) is 12.1 Å². The molecule has 2 aliphatic carbocycles. The number of rotatable bonds is 5. The van der Waals surface area contributed by atoms with Gasteiger partial charge in [0.1, 0.15) is 30.1 Å². The van der Waals surface area contributed by atoms with Gasteiger partial charge in [-0.25, -0.2) is 0 Å². The van der Waals surface area contributed by atoms with Gasteiger partial charge in [-0.05, 0) is 24.8 Å². The Morgan fingerprint density at radius 3 is 2.22 bits per heavy atom. The van der Waals surface area contributed by atoms with E-state index in [0.29, 0.717) is 24.0 Å². The fourth-order valence-electron chi connectivity index (χ4n) is 4.74. The summed E-state index contributed by atoms with van der Waals surface area (Å²) >= 11 is 0. The third-order valence-electron chi connectivity index (χ3n) is 6.25. The summed E-state index contributed by atoms with van der Waals surface area (Å²) in [5.41, 5.74) is 0.506. The molecular weight excluding hydrogens is 464 g/mol. The summed E-state index contributed by atoms with van der Waals surface area (Å²) in [6, 6.07) is 4.65. The molecule has 0 aromatic heterocycles. The lowest BCUT2D eigenvalue weighted by molar-refractivity contribution is -0.127. The van der Waals surface area contributed by atoms with Crippen LogP contribution in [-0.2, 0) is 20.7 Å². The molecule has 0 fully saturated rings. The molecule has 0 saturated heterocycles. The monoisotopic (exact) mass is 498 g/mol. The fraction of sp³-hybridized carbons (Fsp3) is 0.429. The average Bonchev–Trinajstić information content (AvgIpc) is 2.89. The fourth-order valence-corrected chi connectivity index (χ4v) is 4.74. The second kappa shape index (κ2) is 12.4. The van der Waals surface area contributed by atoms with E-state index in [1.165, 1.54) is 20.3 Å². The average molecular weight is 499 g/mol. The molecule has 4 rings (SSSR count). The van der Waals surface area contributed by atoms with Gasteiger partial charge < -0.3 is 24.5 Å². The molecule has 0 bridgehead atoms. The Hall–Kier alpha value is -3.52. The Balaban J connectivity index is 0.000000694. The van der Waals surface area contributed by atoms with Gasteiger partial charge in [0.15, 0.2) is 11.6 Å². The standard InChI is InChI=1S/C23H22O7.C3H6O.C2H6/c1-10-7-11(14(24)9-29-2)8-13-16(10)22(27)19-18(21(13)26)20(25)12-5-4-6-15(30-3)17(12)23(19)28;1-2-3-4;1-2/h4-6,10-11,26-27H,7-9H2,1-3H3;3H,2H2,1H3;1-2H3/t10-,11?;;/m0../s1. The molecule has 2 atom stereocenters. The van der Waals surface area contributed by atoms with Gasteiger partial charge in [-0.2, -0.15) is 0 Å². The first-order valence-corrected chi connectivity index (χ1v) is 12.1. The molecule has 0 saturated carbocycles. The summed E-state index contributed by atoms with van der Waals surface area (Å²) in [4.78, 5) is 48.1. The van der Waals surface area contributed by atoms with Crippen LogP contribution >= 0.6 is 0 Å². The van der Waals surface area contributed by atoms with Crippen molar-refractivity contribution < 1.29 is 38.9 Å². The molecule has 0 spiro atoms.